The maximum Gasteiger partial charge on any atom is 0.102 e. The highest BCUT2D eigenvalue weighted by atomic mass is 15.2. The van der Waals surface area contributed by atoms with Gasteiger partial charge in [0.15, 0.2) is 0 Å². The molecule has 1 heterocycles. The number of allylic oxidation sites excluding steroid dienone is 1. The van der Waals surface area contributed by atoms with Crippen molar-refractivity contribution in [3.63, 3.8) is 0 Å². The number of hydrogen-bond donors (Lipinski definition) is 1. The van der Waals surface area contributed by atoms with Crippen LogP contribution in [0.5, 0.6) is 0 Å². The third-order valence-corrected chi connectivity index (χ3v) is 2.68. The summed E-state index contributed by atoms with van der Waals surface area (Å²) in [6, 6.07) is 6.05. The average Bonchev–Trinajstić information content (AvgIpc) is 2.20. The van der Waals surface area contributed by atoms with Crippen LogP contribution in [0.4, 0.5) is 11.4 Å². The van der Waals surface area contributed by atoms with Crippen molar-refractivity contribution in [1.82, 2.24) is 0 Å². The van der Waals surface area contributed by atoms with Crippen molar-refractivity contribution in [2.45, 2.75) is 20.8 Å². The van der Waals surface area contributed by atoms with Crippen LogP contribution >= 0.6 is 0 Å². The van der Waals surface area contributed by atoms with E-state index < -0.39 is 0 Å². The second kappa shape index (κ2) is 3.59. The minimum absolute atomic E-state index is 0.464. The maximum atomic E-state index is 7.82. The van der Waals surface area contributed by atoms with Gasteiger partial charge in [0.2, 0.25) is 0 Å². The van der Waals surface area contributed by atoms with Gasteiger partial charge in [0.25, 0.3) is 0 Å². The largest absolute Gasteiger partial charge is 0.296 e. The highest BCUT2D eigenvalue weighted by Gasteiger charge is 2.22. The number of benzene rings is 1. The van der Waals surface area contributed by atoms with Gasteiger partial charge in [-0.3, -0.25) is 10.3 Å². The van der Waals surface area contributed by atoms with E-state index >= 15 is 0 Å². The minimum atomic E-state index is 0.464. The van der Waals surface area contributed by atoms with Gasteiger partial charge in [0, 0.05) is 0 Å². The Labute approximate surface area is 95.6 Å². The second-order valence-corrected chi connectivity index (χ2v) is 4.06. The molecule has 0 spiro atoms. The van der Waals surface area contributed by atoms with Crippen LogP contribution in [0.2, 0.25) is 0 Å². The fraction of sp³-hybridized carbons (Fsp3) is 0.231. The fourth-order valence-electron chi connectivity index (χ4n) is 1.84. The summed E-state index contributed by atoms with van der Waals surface area (Å²) in [5.74, 6) is 0.464. The van der Waals surface area contributed by atoms with E-state index in [1.807, 2.05) is 36.9 Å². The quantitative estimate of drug-likeness (QED) is 0.520. The zero-order valence-corrected chi connectivity index (χ0v) is 9.83. The number of rotatable bonds is 0. The Morgan fingerprint density at radius 3 is 2.69 bits per heavy atom. The van der Waals surface area contributed by atoms with Crippen molar-refractivity contribution in [2.75, 3.05) is 4.90 Å². The molecule has 0 saturated carbocycles. The molecule has 1 aromatic rings. The van der Waals surface area contributed by atoms with Crippen LogP contribution in [0, 0.1) is 12.3 Å². The van der Waals surface area contributed by atoms with Crippen molar-refractivity contribution in [3.8, 4) is 0 Å². The summed E-state index contributed by atoms with van der Waals surface area (Å²) < 4.78 is 0. The fourth-order valence-corrected chi connectivity index (χ4v) is 1.84. The Morgan fingerprint density at radius 2 is 2.06 bits per heavy atom. The van der Waals surface area contributed by atoms with E-state index in [2.05, 4.69) is 11.6 Å². The third-order valence-electron chi connectivity index (χ3n) is 2.68. The van der Waals surface area contributed by atoms with E-state index in [4.69, 9.17) is 5.41 Å². The number of aliphatic imine (C=N–C) groups is 1. The lowest BCUT2D eigenvalue weighted by Crippen LogP contribution is -2.32. The molecule has 0 bridgehead atoms. The predicted octanol–water partition coefficient (Wildman–Crippen LogP) is 3.42. The molecule has 1 aromatic carbocycles. The lowest BCUT2D eigenvalue weighted by atomic mass is 10.1. The van der Waals surface area contributed by atoms with Crippen LogP contribution in [0.25, 0.3) is 0 Å². The van der Waals surface area contributed by atoms with Crippen LogP contribution < -0.4 is 4.90 Å². The standard InChI is InChI=1S/C13H15N3/c1-8-5-6-12-13(7-8)16(11(4)14)10(3)9(2)15-12/h5-7,14H,3H2,1-2,4H3. The van der Waals surface area contributed by atoms with E-state index in [1.165, 1.54) is 0 Å². The van der Waals surface area contributed by atoms with Crippen LogP contribution in [-0.2, 0) is 0 Å². The van der Waals surface area contributed by atoms with Gasteiger partial charge in [0.1, 0.15) is 5.84 Å². The number of aryl methyl sites for hydroxylation is 1. The lowest BCUT2D eigenvalue weighted by molar-refractivity contribution is 1.19. The molecule has 0 aliphatic carbocycles. The van der Waals surface area contributed by atoms with Crippen LogP contribution in [0.15, 0.2) is 35.5 Å². The summed E-state index contributed by atoms with van der Waals surface area (Å²) >= 11 is 0. The van der Waals surface area contributed by atoms with Crippen LogP contribution in [0.1, 0.15) is 19.4 Å². The second-order valence-electron chi connectivity index (χ2n) is 4.06. The zero-order valence-electron chi connectivity index (χ0n) is 9.83. The molecule has 0 unspecified atom stereocenters. The number of fused-ring (bicyclic) bond motifs is 1. The van der Waals surface area contributed by atoms with E-state index in [9.17, 15) is 0 Å². The first-order valence-corrected chi connectivity index (χ1v) is 5.21. The number of nitrogens with zero attached hydrogens (tertiary/aromatic N) is 2. The topological polar surface area (TPSA) is 39.5 Å². The smallest absolute Gasteiger partial charge is 0.102 e. The molecule has 1 aliphatic rings. The first kappa shape index (κ1) is 10.6. The van der Waals surface area contributed by atoms with E-state index in [0.29, 0.717) is 5.84 Å². The highest BCUT2D eigenvalue weighted by Crippen LogP contribution is 2.36. The molecule has 0 atom stereocenters. The van der Waals surface area contributed by atoms with Crippen molar-refractivity contribution in [3.05, 3.63) is 36.0 Å². The summed E-state index contributed by atoms with van der Waals surface area (Å²) in [6.07, 6.45) is 0. The molecule has 2 rings (SSSR count). The summed E-state index contributed by atoms with van der Waals surface area (Å²) in [4.78, 5) is 6.32. The SMILES string of the molecule is C=C1C(C)=Nc2ccc(C)cc2N1C(C)=N. The van der Waals surface area contributed by atoms with Gasteiger partial charge in [-0.05, 0) is 38.5 Å². The molecule has 0 radical (unpaired) electrons. The van der Waals surface area contributed by atoms with Crippen molar-refractivity contribution in [1.29, 1.82) is 5.41 Å². The first-order valence-electron chi connectivity index (χ1n) is 5.21. The summed E-state index contributed by atoms with van der Waals surface area (Å²) in [5.41, 5.74) is 4.66. The molecule has 0 amide bonds. The number of hydrogen-bond acceptors (Lipinski definition) is 2. The maximum absolute atomic E-state index is 7.82. The molecule has 0 aromatic heterocycles. The van der Waals surface area contributed by atoms with E-state index in [1.54, 1.807) is 6.92 Å². The third kappa shape index (κ3) is 1.54. The number of nitrogens with one attached hydrogen (secondary N) is 1. The van der Waals surface area contributed by atoms with Crippen LogP contribution in [-0.4, -0.2) is 11.5 Å². The van der Waals surface area contributed by atoms with Crippen molar-refractivity contribution in [2.24, 2.45) is 4.99 Å². The first-order chi connectivity index (χ1) is 7.50. The van der Waals surface area contributed by atoms with Crippen molar-refractivity contribution >= 4 is 22.9 Å². The molecular formula is C13H15N3. The zero-order chi connectivity index (χ0) is 11.9. The molecule has 1 N–H and O–H groups in total. The number of anilines is 1. The summed E-state index contributed by atoms with van der Waals surface area (Å²) in [6.45, 7) is 9.69. The molecular weight excluding hydrogens is 198 g/mol. The average molecular weight is 213 g/mol. The van der Waals surface area contributed by atoms with Gasteiger partial charge in [-0.15, -0.1) is 0 Å². The lowest BCUT2D eigenvalue weighted by Gasteiger charge is -2.30. The van der Waals surface area contributed by atoms with Gasteiger partial charge >= 0.3 is 0 Å². The Morgan fingerprint density at radius 1 is 1.38 bits per heavy atom. The highest BCUT2D eigenvalue weighted by molar-refractivity contribution is 6.15. The van der Waals surface area contributed by atoms with Gasteiger partial charge in [0.05, 0.1) is 22.8 Å². The molecule has 82 valence electrons. The predicted molar refractivity (Wildman–Crippen MR) is 69.0 cm³/mol. The van der Waals surface area contributed by atoms with Gasteiger partial charge in [-0.1, -0.05) is 12.6 Å². The Bertz CT molecular complexity index is 512. The number of amidine groups is 1. The minimum Gasteiger partial charge on any atom is -0.296 e. The monoisotopic (exact) mass is 213 g/mol. The molecule has 0 fully saturated rings. The Balaban J connectivity index is 2.67. The molecule has 1 aliphatic heterocycles. The van der Waals surface area contributed by atoms with Gasteiger partial charge in [-0.25, -0.2) is 4.99 Å². The van der Waals surface area contributed by atoms with E-state index in [0.717, 1.165) is 28.3 Å². The summed E-state index contributed by atoms with van der Waals surface area (Å²) in [5, 5.41) is 7.82. The Hall–Kier alpha value is -1.90. The van der Waals surface area contributed by atoms with Gasteiger partial charge in [-0.2, -0.15) is 0 Å². The van der Waals surface area contributed by atoms with Crippen molar-refractivity contribution < 1.29 is 0 Å². The normalized spacial score (nSPS) is 14.6. The summed E-state index contributed by atoms with van der Waals surface area (Å²) in [7, 11) is 0. The molecule has 16 heavy (non-hydrogen) atoms. The van der Waals surface area contributed by atoms with Gasteiger partial charge < -0.3 is 0 Å². The molecule has 3 nitrogen and oxygen atoms in total. The van der Waals surface area contributed by atoms with E-state index in [-0.39, 0.29) is 0 Å². The Kier molecular flexibility index (Phi) is 2.38. The van der Waals surface area contributed by atoms with Crippen LogP contribution in [0.3, 0.4) is 0 Å². The molecule has 3 heteroatoms. The molecule has 0 saturated heterocycles.